The van der Waals surface area contributed by atoms with Gasteiger partial charge in [0, 0.05) is 30.4 Å². The molecule has 0 bridgehead atoms. The molecule has 1 aliphatic heterocycles. The maximum absolute atomic E-state index is 4.33. The number of rotatable bonds is 3. The van der Waals surface area contributed by atoms with Gasteiger partial charge in [-0.05, 0) is 44.4 Å². The Morgan fingerprint density at radius 2 is 2.26 bits per heavy atom. The van der Waals surface area contributed by atoms with Gasteiger partial charge in [0.15, 0.2) is 0 Å². The van der Waals surface area contributed by atoms with Gasteiger partial charge >= 0.3 is 0 Å². The highest BCUT2D eigenvalue weighted by atomic mass is 32.1. The second-order valence-corrected chi connectivity index (χ2v) is 6.78. The van der Waals surface area contributed by atoms with Gasteiger partial charge in [-0.3, -0.25) is 4.90 Å². The third-order valence-electron chi connectivity index (χ3n) is 4.34. The molecule has 0 spiro atoms. The number of thiazole rings is 1. The van der Waals surface area contributed by atoms with Gasteiger partial charge in [-0.2, -0.15) is 0 Å². The lowest BCUT2D eigenvalue weighted by Crippen LogP contribution is -2.30. The summed E-state index contributed by atoms with van der Waals surface area (Å²) in [7, 11) is 0. The number of nitrogens with zero attached hydrogens (tertiary/aromatic N) is 2. The smallest absolute Gasteiger partial charge is 0.0813 e. The fraction of sp³-hybridized carbons (Fsp3) is 0.533. The first-order valence-corrected chi connectivity index (χ1v) is 8.03. The van der Waals surface area contributed by atoms with E-state index in [4.69, 9.17) is 0 Å². The van der Waals surface area contributed by atoms with Gasteiger partial charge in [-0.15, -0.1) is 11.3 Å². The summed E-state index contributed by atoms with van der Waals surface area (Å²) in [6.45, 7) is 3.57. The minimum Gasteiger partial charge on any atom is -0.381 e. The van der Waals surface area contributed by atoms with Crippen molar-refractivity contribution in [2.45, 2.75) is 44.3 Å². The summed E-state index contributed by atoms with van der Waals surface area (Å²) in [6, 6.07) is 8.72. The summed E-state index contributed by atoms with van der Waals surface area (Å²) in [5, 5.41) is 3.70. The van der Waals surface area contributed by atoms with Gasteiger partial charge in [-0.1, -0.05) is 0 Å². The third kappa shape index (κ3) is 2.23. The molecule has 100 valence electrons. The van der Waals surface area contributed by atoms with E-state index in [1.165, 1.54) is 36.2 Å². The van der Waals surface area contributed by atoms with E-state index in [2.05, 4.69) is 40.3 Å². The Hall–Kier alpha value is -1.13. The maximum atomic E-state index is 4.33. The molecular formula is C15H19N3S. The van der Waals surface area contributed by atoms with Crippen LogP contribution in [0.15, 0.2) is 23.7 Å². The number of benzene rings is 1. The summed E-state index contributed by atoms with van der Waals surface area (Å²) in [5.74, 6) is 0. The monoisotopic (exact) mass is 273 g/mol. The van der Waals surface area contributed by atoms with Gasteiger partial charge < -0.3 is 5.32 Å². The number of nitrogens with one attached hydrogen (secondary N) is 1. The molecule has 1 N–H and O–H groups in total. The third-order valence-corrected chi connectivity index (χ3v) is 5.13. The Kier molecular flexibility index (Phi) is 2.74. The molecule has 2 fully saturated rings. The largest absolute Gasteiger partial charge is 0.381 e. The fourth-order valence-electron chi connectivity index (χ4n) is 3.26. The lowest BCUT2D eigenvalue weighted by atomic mass is 10.2. The number of aromatic nitrogens is 1. The summed E-state index contributed by atoms with van der Waals surface area (Å²) in [6.07, 6.45) is 4.07. The van der Waals surface area contributed by atoms with Gasteiger partial charge in [0.05, 0.1) is 15.7 Å². The number of fused-ring (bicyclic) bond motifs is 1. The SMILES string of the molecule is CC1CC(Nc2ccc3ncsc3c2)CN1C1CC1. The van der Waals surface area contributed by atoms with E-state index in [1.54, 1.807) is 11.3 Å². The summed E-state index contributed by atoms with van der Waals surface area (Å²) >= 11 is 1.71. The first-order chi connectivity index (χ1) is 9.29. The Balaban J connectivity index is 1.48. The molecule has 2 heterocycles. The van der Waals surface area contributed by atoms with Crippen LogP contribution in [0.5, 0.6) is 0 Å². The normalized spacial score (nSPS) is 28.1. The van der Waals surface area contributed by atoms with Gasteiger partial charge in [0.1, 0.15) is 0 Å². The van der Waals surface area contributed by atoms with Crippen LogP contribution in [0.4, 0.5) is 5.69 Å². The Labute approximate surface area is 117 Å². The molecule has 1 aromatic heterocycles. The van der Waals surface area contributed by atoms with Crippen LogP contribution in [0.3, 0.4) is 0 Å². The molecule has 3 nitrogen and oxygen atoms in total. The van der Waals surface area contributed by atoms with Crippen LogP contribution in [0.1, 0.15) is 26.2 Å². The molecular weight excluding hydrogens is 254 g/mol. The molecule has 2 aromatic rings. The molecule has 19 heavy (non-hydrogen) atoms. The van der Waals surface area contributed by atoms with Crippen molar-refractivity contribution >= 4 is 27.2 Å². The van der Waals surface area contributed by atoms with Crippen molar-refractivity contribution in [1.82, 2.24) is 9.88 Å². The molecule has 2 unspecified atom stereocenters. The van der Waals surface area contributed by atoms with E-state index in [0.717, 1.165) is 17.6 Å². The minimum atomic E-state index is 0.598. The average molecular weight is 273 g/mol. The fourth-order valence-corrected chi connectivity index (χ4v) is 3.97. The molecule has 1 saturated carbocycles. The zero-order valence-corrected chi connectivity index (χ0v) is 12.0. The zero-order chi connectivity index (χ0) is 12.8. The Bertz CT molecular complexity index is 590. The average Bonchev–Trinajstić information content (AvgIpc) is 3.02. The standard InChI is InChI=1S/C15H19N3S/c1-10-6-12(8-18(10)13-3-4-13)17-11-2-5-14-15(7-11)19-9-16-14/h2,5,7,9-10,12-13,17H,3-4,6,8H2,1H3. The van der Waals surface area contributed by atoms with Crippen molar-refractivity contribution in [1.29, 1.82) is 0 Å². The lowest BCUT2D eigenvalue weighted by molar-refractivity contribution is 0.257. The first-order valence-electron chi connectivity index (χ1n) is 7.15. The van der Waals surface area contributed by atoms with E-state index in [1.807, 2.05) is 5.51 Å². The van der Waals surface area contributed by atoms with E-state index in [-0.39, 0.29) is 0 Å². The molecule has 2 aliphatic rings. The van der Waals surface area contributed by atoms with Crippen molar-refractivity contribution in [2.24, 2.45) is 0 Å². The zero-order valence-electron chi connectivity index (χ0n) is 11.2. The number of anilines is 1. The highest BCUT2D eigenvalue weighted by Gasteiger charge is 2.38. The van der Waals surface area contributed by atoms with Crippen LogP contribution in [-0.4, -0.2) is 34.6 Å². The Morgan fingerprint density at radius 1 is 1.37 bits per heavy atom. The van der Waals surface area contributed by atoms with Crippen LogP contribution in [0.2, 0.25) is 0 Å². The van der Waals surface area contributed by atoms with Crippen LogP contribution < -0.4 is 5.32 Å². The van der Waals surface area contributed by atoms with Gasteiger partial charge in [0.2, 0.25) is 0 Å². The van der Waals surface area contributed by atoms with Crippen molar-refractivity contribution in [3.8, 4) is 0 Å². The summed E-state index contributed by atoms with van der Waals surface area (Å²) < 4.78 is 1.27. The molecule has 1 aliphatic carbocycles. The number of hydrogen-bond donors (Lipinski definition) is 1. The van der Waals surface area contributed by atoms with E-state index < -0.39 is 0 Å². The van der Waals surface area contributed by atoms with Crippen LogP contribution in [0, 0.1) is 0 Å². The maximum Gasteiger partial charge on any atom is 0.0813 e. The first kappa shape index (κ1) is 11.7. The van der Waals surface area contributed by atoms with E-state index in [0.29, 0.717) is 6.04 Å². The van der Waals surface area contributed by atoms with Crippen LogP contribution >= 0.6 is 11.3 Å². The predicted octanol–water partition coefficient (Wildman–Crippen LogP) is 3.33. The Morgan fingerprint density at radius 3 is 3.11 bits per heavy atom. The molecule has 0 radical (unpaired) electrons. The van der Waals surface area contributed by atoms with Crippen molar-refractivity contribution < 1.29 is 0 Å². The van der Waals surface area contributed by atoms with Crippen LogP contribution in [0.25, 0.3) is 10.2 Å². The number of hydrogen-bond acceptors (Lipinski definition) is 4. The quantitative estimate of drug-likeness (QED) is 0.929. The van der Waals surface area contributed by atoms with Gasteiger partial charge in [0.25, 0.3) is 0 Å². The topological polar surface area (TPSA) is 28.2 Å². The van der Waals surface area contributed by atoms with Crippen molar-refractivity contribution in [3.63, 3.8) is 0 Å². The number of likely N-dealkylation sites (tertiary alicyclic amines) is 1. The van der Waals surface area contributed by atoms with E-state index in [9.17, 15) is 0 Å². The second kappa shape index (κ2) is 4.46. The molecule has 1 saturated heterocycles. The molecule has 4 rings (SSSR count). The van der Waals surface area contributed by atoms with E-state index >= 15 is 0 Å². The minimum absolute atomic E-state index is 0.598. The van der Waals surface area contributed by atoms with Crippen molar-refractivity contribution in [2.75, 3.05) is 11.9 Å². The van der Waals surface area contributed by atoms with Crippen LogP contribution in [-0.2, 0) is 0 Å². The highest BCUT2D eigenvalue weighted by molar-refractivity contribution is 7.16. The highest BCUT2D eigenvalue weighted by Crippen LogP contribution is 2.34. The van der Waals surface area contributed by atoms with Crippen molar-refractivity contribution in [3.05, 3.63) is 23.7 Å². The molecule has 0 amide bonds. The summed E-state index contributed by atoms with van der Waals surface area (Å²) in [5.41, 5.74) is 4.27. The molecule has 2 atom stereocenters. The second-order valence-electron chi connectivity index (χ2n) is 5.89. The predicted molar refractivity (Wildman–Crippen MR) is 80.8 cm³/mol. The van der Waals surface area contributed by atoms with Gasteiger partial charge in [-0.25, -0.2) is 4.98 Å². The lowest BCUT2D eigenvalue weighted by Gasteiger charge is -2.19. The molecule has 4 heteroatoms. The summed E-state index contributed by atoms with van der Waals surface area (Å²) in [4.78, 5) is 7.01. The molecule has 1 aromatic carbocycles.